The Morgan fingerprint density at radius 1 is 1.21 bits per heavy atom. The van der Waals surface area contributed by atoms with Crippen LogP contribution < -0.4 is 0 Å². The molecule has 0 unspecified atom stereocenters. The van der Waals surface area contributed by atoms with Crippen LogP contribution in [-0.2, 0) is 12.8 Å². The lowest BCUT2D eigenvalue weighted by Crippen LogP contribution is -2.09. The number of hydrogen-bond acceptors (Lipinski definition) is 2. The number of hydrogen-bond donors (Lipinski definition) is 0. The first-order valence-electron chi connectivity index (χ1n) is 5.73. The molecule has 0 fully saturated rings. The van der Waals surface area contributed by atoms with Crippen LogP contribution in [0.4, 0.5) is 4.39 Å². The van der Waals surface area contributed by atoms with Crippen molar-refractivity contribution >= 4 is 33.3 Å². The van der Waals surface area contributed by atoms with E-state index in [9.17, 15) is 9.18 Å². The van der Waals surface area contributed by atoms with Gasteiger partial charge in [0.05, 0.1) is 5.56 Å². The predicted molar refractivity (Wildman–Crippen MR) is 74.2 cm³/mol. The molecule has 1 aromatic heterocycles. The van der Waals surface area contributed by atoms with Crippen molar-refractivity contribution in [1.29, 1.82) is 0 Å². The van der Waals surface area contributed by atoms with E-state index in [0.717, 1.165) is 10.0 Å². The summed E-state index contributed by atoms with van der Waals surface area (Å²) in [5.74, 6) is -0.950. The van der Waals surface area contributed by atoms with Crippen molar-refractivity contribution in [2.75, 3.05) is 0 Å². The molecule has 0 spiro atoms. The van der Waals surface area contributed by atoms with Crippen molar-refractivity contribution in [3.63, 3.8) is 0 Å². The van der Waals surface area contributed by atoms with Gasteiger partial charge >= 0.3 is 0 Å². The van der Waals surface area contributed by atoms with E-state index in [1.54, 1.807) is 12.3 Å². The number of rotatable bonds is 0. The van der Waals surface area contributed by atoms with Gasteiger partial charge in [-0.1, -0.05) is 11.6 Å². The van der Waals surface area contributed by atoms with Crippen LogP contribution in [0.1, 0.15) is 27.2 Å². The lowest BCUT2D eigenvalue weighted by molar-refractivity contribution is 0.103. The molecule has 2 nitrogen and oxygen atoms in total. The molecular weight excluding hydrogens is 333 g/mol. The first kappa shape index (κ1) is 12.8. The summed E-state index contributed by atoms with van der Waals surface area (Å²) in [5.41, 5.74) is 1.89. The first-order chi connectivity index (χ1) is 9.06. The SMILES string of the molecule is O=C1c2ncc(Br)cc2CCc2cc(Cl)cc(F)c21. The number of pyridine rings is 1. The van der Waals surface area contributed by atoms with Gasteiger partial charge in [-0.15, -0.1) is 0 Å². The molecule has 0 radical (unpaired) electrons. The van der Waals surface area contributed by atoms with E-state index in [1.165, 1.54) is 6.07 Å². The normalized spacial score (nSPS) is 13.7. The molecule has 0 aliphatic heterocycles. The summed E-state index contributed by atoms with van der Waals surface area (Å²) in [6.45, 7) is 0. The standard InChI is InChI=1S/C14H8BrClFNO/c15-9-3-8-2-1-7-4-10(16)5-11(17)12(7)14(19)13(8)18-6-9/h3-6H,1-2H2. The second-order valence-electron chi connectivity index (χ2n) is 4.41. The van der Waals surface area contributed by atoms with Gasteiger partial charge < -0.3 is 0 Å². The highest BCUT2D eigenvalue weighted by molar-refractivity contribution is 9.10. The molecule has 2 aromatic rings. The number of fused-ring (bicyclic) bond motifs is 2. The van der Waals surface area contributed by atoms with Crippen molar-refractivity contribution in [3.05, 3.63) is 62.1 Å². The molecule has 1 aromatic carbocycles. The lowest BCUT2D eigenvalue weighted by atomic mass is 10.0. The summed E-state index contributed by atoms with van der Waals surface area (Å²) in [4.78, 5) is 16.5. The van der Waals surface area contributed by atoms with Crippen LogP contribution in [0.25, 0.3) is 0 Å². The molecule has 1 heterocycles. The summed E-state index contributed by atoms with van der Waals surface area (Å²) >= 11 is 9.17. The maximum Gasteiger partial charge on any atom is 0.214 e. The minimum Gasteiger partial charge on any atom is -0.287 e. The van der Waals surface area contributed by atoms with Crippen LogP contribution in [0.2, 0.25) is 5.02 Å². The van der Waals surface area contributed by atoms with Gasteiger partial charge in [-0.25, -0.2) is 4.39 Å². The van der Waals surface area contributed by atoms with E-state index in [-0.39, 0.29) is 11.3 Å². The summed E-state index contributed by atoms with van der Waals surface area (Å²) in [7, 11) is 0. The quantitative estimate of drug-likeness (QED) is 0.726. The first-order valence-corrected chi connectivity index (χ1v) is 6.90. The number of carbonyl (C=O) groups excluding carboxylic acids is 1. The Kier molecular flexibility index (Phi) is 3.15. The number of aryl methyl sites for hydroxylation is 2. The molecule has 0 saturated carbocycles. The van der Waals surface area contributed by atoms with Gasteiger partial charge in [0, 0.05) is 15.7 Å². The van der Waals surface area contributed by atoms with Crippen molar-refractivity contribution in [2.45, 2.75) is 12.8 Å². The predicted octanol–water partition coefficient (Wildman–Crippen LogP) is 3.97. The number of benzene rings is 1. The second kappa shape index (κ2) is 4.69. The van der Waals surface area contributed by atoms with Crippen LogP contribution in [0, 0.1) is 5.82 Å². The van der Waals surface area contributed by atoms with Crippen LogP contribution in [0.3, 0.4) is 0 Å². The van der Waals surface area contributed by atoms with Crippen LogP contribution >= 0.6 is 27.5 Å². The zero-order valence-corrected chi connectivity index (χ0v) is 12.1. The Bertz CT molecular complexity index is 702. The zero-order valence-electron chi connectivity index (χ0n) is 9.71. The van der Waals surface area contributed by atoms with E-state index >= 15 is 0 Å². The topological polar surface area (TPSA) is 30.0 Å². The summed E-state index contributed by atoms with van der Waals surface area (Å²) < 4.78 is 14.8. The van der Waals surface area contributed by atoms with Crippen LogP contribution in [-0.4, -0.2) is 10.8 Å². The molecule has 96 valence electrons. The Morgan fingerprint density at radius 3 is 2.74 bits per heavy atom. The van der Waals surface area contributed by atoms with Gasteiger partial charge in [0.15, 0.2) is 0 Å². The summed E-state index contributed by atoms with van der Waals surface area (Å²) in [5, 5.41) is 0.309. The highest BCUT2D eigenvalue weighted by atomic mass is 79.9. The lowest BCUT2D eigenvalue weighted by Gasteiger charge is -2.06. The maximum absolute atomic E-state index is 14.0. The van der Waals surface area contributed by atoms with E-state index in [1.807, 2.05) is 6.07 Å². The minimum absolute atomic E-state index is 0.0953. The van der Waals surface area contributed by atoms with Crippen LogP contribution in [0.15, 0.2) is 28.9 Å². The highest BCUT2D eigenvalue weighted by Gasteiger charge is 2.26. The molecule has 1 aliphatic rings. The molecule has 0 N–H and O–H groups in total. The Morgan fingerprint density at radius 2 is 1.95 bits per heavy atom. The van der Waals surface area contributed by atoms with E-state index in [4.69, 9.17) is 11.6 Å². The third-order valence-corrected chi connectivity index (χ3v) is 3.83. The molecule has 1 aliphatic carbocycles. The number of aromatic nitrogens is 1. The van der Waals surface area contributed by atoms with Gasteiger partial charge in [0.1, 0.15) is 11.5 Å². The smallest absolute Gasteiger partial charge is 0.214 e. The van der Waals surface area contributed by atoms with Crippen molar-refractivity contribution < 1.29 is 9.18 Å². The molecule has 0 saturated heterocycles. The molecule has 19 heavy (non-hydrogen) atoms. The number of halogens is 3. The molecule has 3 rings (SSSR count). The van der Waals surface area contributed by atoms with Crippen molar-refractivity contribution in [2.24, 2.45) is 0 Å². The third-order valence-electron chi connectivity index (χ3n) is 3.18. The Labute approximate surface area is 122 Å². The van der Waals surface area contributed by atoms with Gasteiger partial charge in [0.2, 0.25) is 5.78 Å². The van der Waals surface area contributed by atoms with Crippen molar-refractivity contribution in [1.82, 2.24) is 4.98 Å². The van der Waals surface area contributed by atoms with Gasteiger partial charge in [-0.2, -0.15) is 0 Å². The minimum atomic E-state index is -0.579. The molecular formula is C14H8BrClFNO. The summed E-state index contributed by atoms with van der Waals surface area (Å²) in [6, 6.07) is 4.67. The number of ketones is 1. The number of carbonyl (C=O) groups is 1. The monoisotopic (exact) mass is 339 g/mol. The van der Waals surface area contributed by atoms with Gasteiger partial charge in [-0.05, 0) is 58.1 Å². The van der Waals surface area contributed by atoms with Gasteiger partial charge in [-0.3, -0.25) is 9.78 Å². The molecule has 0 amide bonds. The fourth-order valence-corrected chi connectivity index (χ4v) is 2.95. The largest absolute Gasteiger partial charge is 0.287 e. The second-order valence-corrected chi connectivity index (χ2v) is 5.76. The fraction of sp³-hybridized carbons (Fsp3) is 0.143. The third kappa shape index (κ3) is 2.19. The van der Waals surface area contributed by atoms with Crippen LogP contribution in [0.5, 0.6) is 0 Å². The number of nitrogens with zero attached hydrogens (tertiary/aromatic N) is 1. The van der Waals surface area contributed by atoms with E-state index in [0.29, 0.717) is 29.1 Å². The van der Waals surface area contributed by atoms with Gasteiger partial charge in [0.25, 0.3) is 0 Å². The Hall–Kier alpha value is -1.26. The maximum atomic E-state index is 14.0. The molecule has 0 bridgehead atoms. The average molecular weight is 341 g/mol. The highest BCUT2D eigenvalue weighted by Crippen LogP contribution is 2.29. The Balaban J connectivity index is 2.23. The summed E-state index contributed by atoms with van der Waals surface area (Å²) in [6.07, 6.45) is 2.76. The van der Waals surface area contributed by atoms with Crippen molar-refractivity contribution in [3.8, 4) is 0 Å². The fourth-order valence-electron chi connectivity index (χ4n) is 2.34. The van der Waals surface area contributed by atoms with E-state index < -0.39 is 5.82 Å². The van der Waals surface area contributed by atoms with E-state index in [2.05, 4.69) is 20.9 Å². The average Bonchev–Trinajstić information content (AvgIpc) is 2.47. The molecule has 0 atom stereocenters. The zero-order chi connectivity index (χ0) is 13.6. The molecule has 5 heteroatoms.